The third-order valence-corrected chi connectivity index (χ3v) is 6.72. The highest BCUT2D eigenvalue weighted by Crippen LogP contribution is 2.18. The highest BCUT2D eigenvalue weighted by Gasteiger charge is 2.31. The smallest absolute Gasteiger partial charge is 0.306 e. The van der Waals surface area contributed by atoms with Gasteiger partial charge in [0.2, 0.25) is 5.91 Å². The highest BCUT2D eigenvalue weighted by molar-refractivity contribution is 5.97. The second-order valence-electron chi connectivity index (χ2n) is 9.54. The topological polar surface area (TPSA) is 113 Å². The molecule has 2 amide bonds. The van der Waals surface area contributed by atoms with E-state index in [4.69, 9.17) is 5.11 Å². The number of β-amino-alcohol motifs (C(OH)–C–C–N with tert-alkyl or cyclic N) is 1. The number of aliphatic hydroxyl groups excluding tert-OH is 1. The summed E-state index contributed by atoms with van der Waals surface area (Å²) in [6.07, 6.45) is 2.80. The Labute approximate surface area is 215 Å². The van der Waals surface area contributed by atoms with Gasteiger partial charge in [-0.3, -0.25) is 19.3 Å². The minimum absolute atomic E-state index is 0.0704. The molecule has 1 aromatic rings. The van der Waals surface area contributed by atoms with Gasteiger partial charge in [-0.1, -0.05) is 32.0 Å². The number of piperazine rings is 1. The van der Waals surface area contributed by atoms with Crippen LogP contribution in [0.4, 0.5) is 0 Å². The molecule has 0 aliphatic carbocycles. The minimum Gasteiger partial charge on any atom is -0.481 e. The lowest BCUT2D eigenvalue weighted by Crippen LogP contribution is -2.50. The standard InChI is InChI=1S/C27H44N4O5/c1-3-12-31(13-4-2)26(34)24(28-25(33)22-9-6-5-7-10-22)21-23(27(35)36)11-8-14-29-15-17-30(18-16-29)19-20-32/h5-7,9-10,23-24,32H,3-4,8,11-21H2,1-2H3,(H,28,33)(H,35,36). The van der Waals surface area contributed by atoms with Crippen LogP contribution in [-0.4, -0.2) is 108 Å². The lowest BCUT2D eigenvalue weighted by Gasteiger charge is -2.34. The predicted molar refractivity (Wildman–Crippen MR) is 140 cm³/mol. The van der Waals surface area contributed by atoms with E-state index in [1.54, 1.807) is 29.2 Å². The van der Waals surface area contributed by atoms with Crippen LogP contribution >= 0.6 is 0 Å². The van der Waals surface area contributed by atoms with Gasteiger partial charge in [0.1, 0.15) is 6.04 Å². The Bertz CT molecular complexity index is 793. The van der Waals surface area contributed by atoms with Crippen LogP contribution in [0.15, 0.2) is 30.3 Å². The fourth-order valence-corrected chi connectivity index (χ4v) is 4.71. The van der Waals surface area contributed by atoms with Crippen molar-refractivity contribution in [3.05, 3.63) is 35.9 Å². The Morgan fingerprint density at radius 2 is 1.56 bits per heavy atom. The number of benzene rings is 1. The number of amides is 2. The maximum absolute atomic E-state index is 13.4. The average molecular weight is 505 g/mol. The van der Waals surface area contributed by atoms with Crippen LogP contribution in [0.3, 0.4) is 0 Å². The van der Waals surface area contributed by atoms with Crippen molar-refractivity contribution in [3.63, 3.8) is 0 Å². The molecular weight excluding hydrogens is 460 g/mol. The van der Waals surface area contributed by atoms with Gasteiger partial charge in [-0.2, -0.15) is 0 Å². The fraction of sp³-hybridized carbons (Fsp3) is 0.667. The highest BCUT2D eigenvalue weighted by atomic mass is 16.4. The number of hydrogen-bond acceptors (Lipinski definition) is 6. The Kier molecular flexibility index (Phi) is 13.5. The van der Waals surface area contributed by atoms with E-state index in [1.807, 2.05) is 19.9 Å². The number of nitrogens with zero attached hydrogens (tertiary/aromatic N) is 3. The summed E-state index contributed by atoms with van der Waals surface area (Å²) >= 11 is 0. The molecule has 2 atom stereocenters. The summed E-state index contributed by atoms with van der Waals surface area (Å²) in [5.41, 5.74) is 0.444. The molecule has 1 aromatic carbocycles. The summed E-state index contributed by atoms with van der Waals surface area (Å²) in [6, 6.07) is 7.81. The maximum Gasteiger partial charge on any atom is 0.306 e. The summed E-state index contributed by atoms with van der Waals surface area (Å²) in [5.74, 6) is -2.25. The fourth-order valence-electron chi connectivity index (χ4n) is 4.71. The van der Waals surface area contributed by atoms with Gasteiger partial charge >= 0.3 is 5.97 Å². The van der Waals surface area contributed by atoms with Crippen molar-refractivity contribution in [2.45, 2.75) is 52.0 Å². The zero-order valence-corrected chi connectivity index (χ0v) is 21.9. The molecule has 1 aliphatic rings. The van der Waals surface area contributed by atoms with Crippen LogP contribution in [0.1, 0.15) is 56.3 Å². The van der Waals surface area contributed by atoms with Gasteiger partial charge in [0.05, 0.1) is 12.5 Å². The minimum atomic E-state index is -0.938. The Balaban J connectivity index is 2.04. The molecule has 1 heterocycles. The van der Waals surface area contributed by atoms with Gasteiger partial charge in [0.15, 0.2) is 0 Å². The first-order valence-corrected chi connectivity index (χ1v) is 13.3. The van der Waals surface area contributed by atoms with Crippen molar-refractivity contribution in [1.82, 2.24) is 20.0 Å². The first-order valence-electron chi connectivity index (χ1n) is 13.3. The lowest BCUT2D eigenvalue weighted by atomic mass is 9.93. The molecule has 9 nitrogen and oxygen atoms in total. The van der Waals surface area contributed by atoms with E-state index in [9.17, 15) is 19.5 Å². The molecule has 1 saturated heterocycles. The monoisotopic (exact) mass is 504 g/mol. The summed E-state index contributed by atoms with van der Waals surface area (Å²) in [4.78, 5) is 44.8. The third kappa shape index (κ3) is 9.87. The molecule has 2 rings (SSSR count). The number of carbonyl (C=O) groups excluding carboxylic acids is 2. The number of carbonyl (C=O) groups is 3. The lowest BCUT2D eigenvalue weighted by molar-refractivity contribution is -0.143. The van der Waals surface area contributed by atoms with E-state index in [-0.39, 0.29) is 24.8 Å². The van der Waals surface area contributed by atoms with Crippen molar-refractivity contribution in [2.24, 2.45) is 5.92 Å². The van der Waals surface area contributed by atoms with Crippen LogP contribution in [0, 0.1) is 5.92 Å². The molecule has 36 heavy (non-hydrogen) atoms. The van der Waals surface area contributed by atoms with Crippen molar-refractivity contribution in [1.29, 1.82) is 0 Å². The largest absolute Gasteiger partial charge is 0.481 e. The molecule has 0 aromatic heterocycles. The van der Waals surface area contributed by atoms with Crippen LogP contribution in [-0.2, 0) is 9.59 Å². The van der Waals surface area contributed by atoms with Crippen LogP contribution in [0.5, 0.6) is 0 Å². The normalized spacial score (nSPS) is 16.3. The summed E-state index contributed by atoms with van der Waals surface area (Å²) < 4.78 is 0. The quantitative estimate of drug-likeness (QED) is 0.315. The molecule has 0 saturated carbocycles. The van der Waals surface area contributed by atoms with Gasteiger partial charge < -0.3 is 25.3 Å². The van der Waals surface area contributed by atoms with Crippen molar-refractivity contribution in [3.8, 4) is 0 Å². The van der Waals surface area contributed by atoms with Gasteiger partial charge in [-0.15, -0.1) is 0 Å². The summed E-state index contributed by atoms with van der Waals surface area (Å²) in [6.45, 7) is 10.4. The first-order chi connectivity index (χ1) is 17.4. The van der Waals surface area contributed by atoms with Gasteiger partial charge in [-0.05, 0) is 50.8 Å². The van der Waals surface area contributed by atoms with Crippen LogP contribution in [0.25, 0.3) is 0 Å². The number of carboxylic acid groups (broad SMARTS) is 1. The van der Waals surface area contributed by atoms with Crippen LogP contribution in [0.2, 0.25) is 0 Å². The van der Waals surface area contributed by atoms with Crippen molar-refractivity contribution < 1.29 is 24.6 Å². The van der Waals surface area contributed by atoms with Crippen molar-refractivity contribution >= 4 is 17.8 Å². The number of hydrogen-bond donors (Lipinski definition) is 3. The third-order valence-electron chi connectivity index (χ3n) is 6.72. The van der Waals surface area contributed by atoms with E-state index >= 15 is 0 Å². The van der Waals surface area contributed by atoms with Crippen LogP contribution < -0.4 is 5.32 Å². The van der Waals surface area contributed by atoms with E-state index in [0.717, 1.165) is 45.6 Å². The summed E-state index contributed by atoms with van der Waals surface area (Å²) in [5, 5.41) is 21.9. The molecule has 9 heteroatoms. The molecular formula is C27H44N4O5. The van der Waals surface area contributed by atoms with Crippen molar-refractivity contribution in [2.75, 3.05) is 59.0 Å². The van der Waals surface area contributed by atoms with Gasteiger partial charge in [0, 0.05) is 51.4 Å². The number of nitrogens with one attached hydrogen (secondary N) is 1. The van der Waals surface area contributed by atoms with E-state index < -0.39 is 17.9 Å². The van der Waals surface area contributed by atoms with E-state index in [1.165, 1.54) is 0 Å². The molecule has 0 spiro atoms. The van der Waals surface area contributed by atoms with Gasteiger partial charge in [0.25, 0.3) is 5.91 Å². The molecule has 202 valence electrons. The molecule has 1 aliphatic heterocycles. The molecule has 0 bridgehead atoms. The maximum atomic E-state index is 13.4. The zero-order valence-electron chi connectivity index (χ0n) is 21.9. The molecule has 2 unspecified atom stereocenters. The second-order valence-corrected chi connectivity index (χ2v) is 9.54. The second kappa shape index (κ2) is 16.3. The van der Waals surface area contributed by atoms with E-state index in [0.29, 0.717) is 38.0 Å². The summed E-state index contributed by atoms with van der Waals surface area (Å²) in [7, 11) is 0. The Morgan fingerprint density at radius 3 is 2.08 bits per heavy atom. The van der Waals surface area contributed by atoms with Gasteiger partial charge in [-0.25, -0.2) is 0 Å². The molecule has 0 radical (unpaired) electrons. The zero-order chi connectivity index (χ0) is 26.3. The van der Waals surface area contributed by atoms with E-state index in [2.05, 4.69) is 15.1 Å². The number of aliphatic hydroxyl groups is 1. The Morgan fingerprint density at radius 1 is 0.972 bits per heavy atom. The number of carboxylic acids is 1. The molecule has 1 fully saturated rings. The Hall–Kier alpha value is -2.49. The first kappa shape index (κ1) is 29.7. The average Bonchev–Trinajstić information content (AvgIpc) is 2.88. The predicted octanol–water partition coefficient (Wildman–Crippen LogP) is 1.91. The molecule has 3 N–H and O–H groups in total. The number of rotatable bonds is 16. The number of aliphatic carboxylic acids is 1. The SMILES string of the molecule is CCCN(CCC)C(=O)C(CC(CCCN1CCN(CCO)CC1)C(=O)O)NC(=O)c1ccccc1.